The molecule has 1 aromatic carbocycles. The summed E-state index contributed by atoms with van der Waals surface area (Å²) < 4.78 is 22.0. The number of β-amino-alcohol motifs (C(OH)–C–C–N with tert-alkyl or cyclic N) is 1. The van der Waals surface area contributed by atoms with Crippen molar-refractivity contribution < 1.29 is 33.3 Å². The van der Waals surface area contributed by atoms with Crippen LogP contribution in [-0.2, 0) is 11.3 Å². The van der Waals surface area contributed by atoms with Gasteiger partial charge in [0.1, 0.15) is 18.8 Å². The molecule has 2 aromatic rings. The summed E-state index contributed by atoms with van der Waals surface area (Å²) in [6, 6.07) is 6.78. The molecular weight excluding hydrogens is 416 g/mol. The Morgan fingerprint density at radius 2 is 2.03 bits per heavy atom. The van der Waals surface area contributed by atoms with Gasteiger partial charge in [-0.2, -0.15) is 0 Å². The molecule has 0 saturated carbocycles. The number of benzene rings is 1. The van der Waals surface area contributed by atoms with Crippen molar-refractivity contribution in [2.24, 2.45) is 0 Å². The van der Waals surface area contributed by atoms with Gasteiger partial charge in [-0.05, 0) is 31.2 Å². The van der Waals surface area contributed by atoms with Crippen molar-refractivity contribution >= 4 is 11.7 Å². The number of ether oxygens (including phenoxy) is 3. The predicted molar refractivity (Wildman–Crippen MR) is 114 cm³/mol. The normalized spacial score (nSPS) is 20.0. The van der Waals surface area contributed by atoms with Gasteiger partial charge in [-0.15, -0.1) is 0 Å². The van der Waals surface area contributed by atoms with Crippen molar-refractivity contribution in [1.29, 1.82) is 0 Å². The van der Waals surface area contributed by atoms with E-state index in [-0.39, 0.29) is 24.9 Å². The van der Waals surface area contributed by atoms with Gasteiger partial charge in [-0.3, -0.25) is 14.5 Å². The summed E-state index contributed by atoms with van der Waals surface area (Å²) in [5.74, 6) is 1.04. The van der Waals surface area contributed by atoms with Gasteiger partial charge in [-0.1, -0.05) is 0 Å². The van der Waals surface area contributed by atoms with Gasteiger partial charge in [-0.25, -0.2) is 0 Å². The summed E-state index contributed by atoms with van der Waals surface area (Å²) in [7, 11) is 1.53. The van der Waals surface area contributed by atoms with Crippen molar-refractivity contribution in [3.8, 4) is 11.5 Å². The molecule has 4 rings (SSSR count). The lowest BCUT2D eigenvalue weighted by molar-refractivity contribution is 0.0290. The number of carbonyl (C=O) groups excluding carboxylic acids is 2. The quantitative estimate of drug-likeness (QED) is 0.687. The molecular formula is C23H28N2O7. The zero-order valence-corrected chi connectivity index (χ0v) is 18.3. The van der Waals surface area contributed by atoms with Gasteiger partial charge < -0.3 is 28.6 Å². The van der Waals surface area contributed by atoms with Crippen LogP contribution >= 0.6 is 0 Å². The Balaban J connectivity index is 1.32. The Labute approximate surface area is 186 Å². The van der Waals surface area contributed by atoms with Crippen LogP contribution < -0.4 is 9.47 Å². The maximum absolute atomic E-state index is 12.4. The Morgan fingerprint density at radius 3 is 2.72 bits per heavy atom. The molecule has 1 amide bonds. The largest absolute Gasteiger partial charge is 0.493 e. The number of amides is 1. The van der Waals surface area contributed by atoms with E-state index in [9.17, 15) is 14.7 Å². The molecule has 172 valence electrons. The van der Waals surface area contributed by atoms with Gasteiger partial charge in [0.15, 0.2) is 23.0 Å². The Bertz CT molecular complexity index is 952. The Morgan fingerprint density at radius 1 is 1.25 bits per heavy atom. The lowest BCUT2D eigenvalue weighted by Gasteiger charge is -2.35. The van der Waals surface area contributed by atoms with E-state index in [1.807, 2.05) is 0 Å². The number of fused-ring (bicyclic) bond motifs is 1. The van der Waals surface area contributed by atoms with Crippen LogP contribution in [0.15, 0.2) is 34.9 Å². The average Bonchev–Trinajstić information content (AvgIpc) is 3.35. The first kappa shape index (κ1) is 22.3. The van der Waals surface area contributed by atoms with Crippen LogP contribution in [0.25, 0.3) is 0 Å². The first-order chi connectivity index (χ1) is 15.5. The highest BCUT2D eigenvalue weighted by atomic mass is 16.5. The maximum Gasteiger partial charge on any atom is 0.289 e. The minimum Gasteiger partial charge on any atom is -0.493 e. The van der Waals surface area contributed by atoms with Crippen LogP contribution in [0.3, 0.4) is 0 Å². The van der Waals surface area contributed by atoms with E-state index < -0.39 is 12.2 Å². The molecule has 1 aromatic heterocycles. The molecule has 32 heavy (non-hydrogen) atoms. The van der Waals surface area contributed by atoms with Crippen molar-refractivity contribution in [3.63, 3.8) is 0 Å². The van der Waals surface area contributed by atoms with E-state index in [0.717, 1.165) is 0 Å². The van der Waals surface area contributed by atoms with Crippen molar-refractivity contribution in [2.75, 3.05) is 46.4 Å². The molecule has 1 saturated heterocycles. The van der Waals surface area contributed by atoms with Crippen molar-refractivity contribution in [1.82, 2.24) is 9.80 Å². The number of aliphatic hydroxyl groups excluding tert-OH is 1. The van der Waals surface area contributed by atoms with Gasteiger partial charge in [0.05, 0.1) is 20.0 Å². The lowest BCUT2D eigenvalue weighted by Crippen LogP contribution is -2.50. The van der Waals surface area contributed by atoms with Crippen LogP contribution in [-0.4, -0.2) is 85.2 Å². The summed E-state index contributed by atoms with van der Waals surface area (Å²) in [6.07, 6.45) is 0.246. The van der Waals surface area contributed by atoms with E-state index in [2.05, 4.69) is 4.90 Å². The van der Waals surface area contributed by atoms with Crippen LogP contribution in [0.2, 0.25) is 0 Å². The fourth-order valence-electron chi connectivity index (χ4n) is 4.02. The van der Waals surface area contributed by atoms with Crippen LogP contribution in [0, 0.1) is 0 Å². The summed E-state index contributed by atoms with van der Waals surface area (Å²) in [4.78, 5) is 28.6. The number of rotatable bonds is 7. The zero-order valence-electron chi connectivity index (χ0n) is 18.3. The number of aliphatic hydroxyl groups is 1. The SMILES string of the molecule is COc1ccc2c(c1OCC(O)CN1CCN(C(=O)c3ccco3)CC1)COC(C)C2=O. The molecule has 9 nitrogen and oxygen atoms in total. The maximum atomic E-state index is 12.4. The number of methoxy groups -OCH3 is 1. The van der Waals surface area contributed by atoms with Crippen molar-refractivity contribution in [3.05, 3.63) is 47.4 Å². The minimum absolute atomic E-state index is 0.0437. The summed E-state index contributed by atoms with van der Waals surface area (Å²) in [5.41, 5.74) is 1.20. The second-order valence-electron chi connectivity index (χ2n) is 7.98. The molecule has 0 radical (unpaired) electrons. The third-order valence-electron chi connectivity index (χ3n) is 5.84. The standard InChI is InChI=1S/C23H28N2O7/c1-15-21(27)17-5-6-19(29-2)22(18(17)14-31-15)32-13-16(26)12-24-7-9-25(10-8-24)23(28)20-4-3-11-30-20/h3-6,11,15-16,26H,7-10,12-14H2,1-2H3. The molecule has 2 aliphatic heterocycles. The lowest BCUT2D eigenvalue weighted by atomic mass is 9.97. The topological polar surface area (TPSA) is 102 Å². The first-order valence-corrected chi connectivity index (χ1v) is 10.7. The monoisotopic (exact) mass is 444 g/mol. The van der Waals surface area contributed by atoms with E-state index in [1.54, 1.807) is 36.1 Å². The first-order valence-electron chi connectivity index (χ1n) is 10.7. The molecule has 3 heterocycles. The predicted octanol–water partition coefficient (Wildman–Crippen LogP) is 1.59. The summed E-state index contributed by atoms with van der Waals surface area (Å²) in [6.45, 7) is 4.84. The molecule has 2 aliphatic rings. The van der Waals surface area contributed by atoms with Gasteiger partial charge >= 0.3 is 0 Å². The highest BCUT2D eigenvalue weighted by Crippen LogP contribution is 2.37. The van der Waals surface area contributed by atoms with E-state index in [1.165, 1.54) is 13.4 Å². The number of hydrogen-bond donors (Lipinski definition) is 1. The van der Waals surface area contributed by atoms with E-state index in [4.69, 9.17) is 18.6 Å². The van der Waals surface area contributed by atoms with Crippen LogP contribution in [0.1, 0.15) is 33.4 Å². The van der Waals surface area contributed by atoms with Crippen LogP contribution in [0.4, 0.5) is 0 Å². The molecule has 1 fully saturated rings. The summed E-state index contributed by atoms with van der Waals surface area (Å²) in [5, 5.41) is 10.5. The number of furan rings is 1. The number of piperazine rings is 1. The van der Waals surface area contributed by atoms with Gasteiger partial charge in [0.25, 0.3) is 5.91 Å². The van der Waals surface area contributed by atoms with E-state index in [0.29, 0.717) is 61.1 Å². The fraction of sp³-hybridized carbons (Fsp3) is 0.478. The number of nitrogens with zero attached hydrogens (tertiary/aromatic N) is 2. The second-order valence-corrected chi connectivity index (χ2v) is 7.98. The summed E-state index contributed by atoms with van der Waals surface area (Å²) >= 11 is 0. The third-order valence-corrected chi connectivity index (χ3v) is 5.84. The molecule has 1 N–H and O–H groups in total. The smallest absolute Gasteiger partial charge is 0.289 e. The average molecular weight is 444 g/mol. The van der Waals surface area contributed by atoms with Crippen LogP contribution in [0.5, 0.6) is 11.5 Å². The minimum atomic E-state index is -0.748. The number of carbonyl (C=O) groups is 2. The number of Topliss-reactive ketones (excluding diaryl/α,β-unsaturated/α-hetero) is 1. The zero-order chi connectivity index (χ0) is 22.7. The highest BCUT2D eigenvalue weighted by molar-refractivity contribution is 6.02. The molecule has 2 unspecified atom stereocenters. The molecule has 2 atom stereocenters. The number of hydrogen-bond acceptors (Lipinski definition) is 8. The third kappa shape index (κ3) is 4.64. The van der Waals surface area contributed by atoms with Gasteiger partial charge in [0, 0.05) is 43.9 Å². The molecule has 0 aliphatic carbocycles. The Kier molecular flexibility index (Phi) is 6.78. The molecule has 0 spiro atoms. The molecule has 0 bridgehead atoms. The fourth-order valence-corrected chi connectivity index (χ4v) is 4.02. The Hall–Kier alpha value is -2.88. The molecule has 9 heteroatoms. The second kappa shape index (κ2) is 9.72. The van der Waals surface area contributed by atoms with Gasteiger partial charge in [0.2, 0.25) is 0 Å². The van der Waals surface area contributed by atoms with E-state index >= 15 is 0 Å². The number of ketones is 1. The van der Waals surface area contributed by atoms with Crippen molar-refractivity contribution in [2.45, 2.75) is 25.7 Å². The highest BCUT2D eigenvalue weighted by Gasteiger charge is 2.30.